The van der Waals surface area contributed by atoms with Crippen LogP contribution < -0.4 is 5.32 Å². The Labute approximate surface area is 102 Å². The van der Waals surface area contributed by atoms with Crippen molar-refractivity contribution < 1.29 is 14.7 Å². The zero-order valence-electron chi connectivity index (χ0n) is 10.2. The molecule has 2 fully saturated rings. The summed E-state index contributed by atoms with van der Waals surface area (Å²) in [6, 6.07) is -0.144. The summed E-state index contributed by atoms with van der Waals surface area (Å²) >= 11 is 0. The molecule has 2 saturated carbocycles. The van der Waals surface area contributed by atoms with Gasteiger partial charge in [0.2, 0.25) is 5.91 Å². The molecule has 1 amide bonds. The van der Waals surface area contributed by atoms with E-state index in [-0.39, 0.29) is 23.8 Å². The zero-order chi connectivity index (χ0) is 12.3. The minimum atomic E-state index is -0.763. The van der Waals surface area contributed by atoms with Crippen molar-refractivity contribution in [2.24, 2.45) is 11.8 Å². The SMILES string of the molecule is O=C(N[C@@H]1CCCC[C@@H]1C(=O)O)C1CCCC1. The Hall–Kier alpha value is -1.06. The third-order valence-electron chi connectivity index (χ3n) is 4.14. The Bertz CT molecular complexity index is 297. The lowest BCUT2D eigenvalue weighted by Gasteiger charge is -2.30. The molecule has 17 heavy (non-hydrogen) atoms. The van der Waals surface area contributed by atoms with Crippen LogP contribution >= 0.6 is 0 Å². The third kappa shape index (κ3) is 2.99. The van der Waals surface area contributed by atoms with Crippen molar-refractivity contribution in [2.75, 3.05) is 0 Å². The van der Waals surface area contributed by atoms with Crippen molar-refractivity contribution in [1.82, 2.24) is 5.32 Å². The fourth-order valence-corrected chi connectivity index (χ4v) is 3.09. The van der Waals surface area contributed by atoms with E-state index in [1.807, 2.05) is 0 Å². The maximum absolute atomic E-state index is 12.0. The average molecular weight is 239 g/mol. The highest BCUT2D eigenvalue weighted by Gasteiger charge is 2.33. The van der Waals surface area contributed by atoms with E-state index in [0.717, 1.165) is 44.9 Å². The van der Waals surface area contributed by atoms with Gasteiger partial charge in [0.25, 0.3) is 0 Å². The zero-order valence-corrected chi connectivity index (χ0v) is 10.2. The van der Waals surface area contributed by atoms with E-state index in [0.29, 0.717) is 6.42 Å². The molecule has 0 aromatic carbocycles. The monoisotopic (exact) mass is 239 g/mol. The van der Waals surface area contributed by atoms with E-state index in [1.54, 1.807) is 0 Å². The minimum Gasteiger partial charge on any atom is -0.481 e. The molecular weight excluding hydrogens is 218 g/mol. The lowest BCUT2D eigenvalue weighted by Crippen LogP contribution is -2.46. The molecule has 0 aromatic rings. The van der Waals surface area contributed by atoms with Gasteiger partial charge in [0.1, 0.15) is 0 Å². The smallest absolute Gasteiger partial charge is 0.308 e. The largest absolute Gasteiger partial charge is 0.481 e. The van der Waals surface area contributed by atoms with Crippen molar-refractivity contribution in [3.63, 3.8) is 0 Å². The number of carbonyl (C=O) groups is 2. The Morgan fingerprint density at radius 1 is 0.941 bits per heavy atom. The molecule has 2 rings (SSSR count). The van der Waals surface area contributed by atoms with Gasteiger partial charge in [-0.25, -0.2) is 0 Å². The predicted molar refractivity (Wildman–Crippen MR) is 63.5 cm³/mol. The molecule has 0 bridgehead atoms. The average Bonchev–Trinajstić information content (AvgIpc) is 2.83. The summed E-state index contributed by atoms with van der Waals surface area (Å²) in [5.74, 6) is -0.928. The van der Waals surface area contributed by atoms with Crippen molar-refractivity contribution >= 4 is 11.9 Å². The molecule has 4 heteroatoms. The molecule has 0 aromatic heterocycles. The van der Waals surface area contributed by atoms with Crippen molar-refractivity contribution in [2.45, 2.75) is 57.4 Å². The van der Waals surface area contributed by atoms with Crippen LogP contribution in [0.15, 0.2) is 0 Å². The Balaban J connectivity index is 1.90. The molecule has 2 aliphatic carbocycles. The fourth-order valence-electron chi connectivity index (χ4n) is 3.09. The van der Waals surface area contributed by atoms with Crippen LogP contribution in [0.2, 0.25) is 0 Å². The number of carboxylic acids is 1. The first kappa shape index (κ1) is 12.4. The predicted octanol–water partition coefficient (Wildman–Crippen LogP) is 1.94. The minimum absolute atomic E-state index is 0.0839. The maximum Gasteiger partial charge on any atom is 0.308 e. The van der Waals surface area contributed by atoms with Gasteiger partial charge in [-0.15, -0.1) is 0 Å². The van der Waals surface area contributed by atoms with Gasteiger partial charge in [-0.05, 0) is 25.7 Å². The van der Waals surface area contributed by atoms with Crippen LogP contribution in [0.3, 0.4) is 0 Å². The van der Waals surface area contributed by atoms with Crippen LogP contribution in [0, 0.1) is 11.8 Å². The Kier molecular flexibility index (Phi) is 4.02. The van der Waals surface area contributed by atoms with E-state index in [2.05, 4.69) is 5.32 Å². The lowest BCUT2D eigenvalue weighted by atomic mass is 9.84. The summed E-state index contributed by atoms with van der Waals surface area (Å²) in [6.45, 7) is 0. The fraction of sp³-hybridized carbons (Fsp3) is 0.846. The molecule has 0 unspecified atom stereocenters. The quantitative estimate of drug-likeness (QED) is 0.791. The molecule has 0 heterocycles. The standard InChI is InChI=1S/C13H21NO3/c15-12(9-5-1-2-6-9)14-11-8-4-3-7-10(11)13(16)17/h9-11H,1-8H2,(H,14,15)(H,16,17)/t10-,11+/m0/s1. The second kappa shape index (κ2) is 5.52. The molecule has 4 nitrogen and oxygen atoms in total. The number of amides is 1. The van der Waals surface area contributed by atoms with Crippen LogP contribution in [0.25, 0.3) is 0 Å². The van der Waals surface area contributed by atoms with Gasteiger partial charge < -0.3 is 10.4 Å². The maximum atomic E-state index is 12.0. The van der Waals surface area contributed by atoms with Crippen LogP contribution in [-0.4, -0.2) is 23.0 Å². The van der Waals surface area contributed by atoms with Crippen LogP contribution in [0.5, 0.6) is 0 Å². The van der Waals surface area contributed by atoms with E-state index >= 15 is 0 Å². The molecule has 2 N–H and O–H groups in total. The van der Waals surface area contributed by atoms with Crippen LogP contribution in [0.4, 0.5) is 0 Å². The first-order valence-electron chi connectivity index (χ1n) is 6.71. The van der Waals surface area contributed by atoms with Gasteiger partial charge in [-0.2, -0.15) is 0 Å². The summed E-state index contributed by atoms with van der Waals surface area (Å²) in [7, 11) is 0. The number of hydrogen-bond donors (Lipinski definition) is 2. The second-order valence-electron chi connectivity index (χ2n) is 5.33. The van der Waals surface area contributed by atoms with E-state index in [9.17, 15) is 9.59 Å². The summed E-state index contributed by atoms with van der Waals surface area (Å²) in [6.07, 6.45) is 7.70. The van der Waals surface area contributed by atoms with Crippen molar-refractivity contribution in [3.05, 3.63) is 0 Å². The highest BCUT2D eigenvalue weighted by Crippen LogP contribution is 2.28. The molecule has 2 aliphatic rings. The van der Waals surface area contributed by atoms with Gasteiger partial charge in [0.15, 0.2) is 0 Å². The molecule has 0 aliphatic heterocycles. The Morgan fingerprint density at radius 3 is 2.18 bits per heavy atom. The summed E-state index contributed by atoms with van der Waals surface area (Å²) < 4.78 is 0. The van der Waals surface area contributed by atoms with Gasteiger partial charge in [-0.1, -0.05) is 25.7 Å². The van der Waals surface area contributed by atoms with Crippen molar-refractivity contribution in [3.8, 4) is 0 Å². The van der Waals surface area contributed by atoms with Gasteiger partial charge in [0, 0.05) is 12.0 Å². The first-order chi connectivity index (χ1) is 8.18. The number of nitrogens with one attached hydrogen (secondary N) is 1. The summed E-state index contributed by atoms with van der Waals surface area (Å²) in [5.41, 5.74) is 0. The molecule has 2 atom stereocenters. The van der Waals surface area contributed by atoms with E-state index < -0.39 is 5.97 Å². The third-order valence-corrected chi connectivity index (χ3v) is 4.14. The topological polar surface area (TPSA) is 66.4 Å². The molecular formula is C13H21NO3. The number of hydrogen-bond acceptors (Lipinski definition) is 2. The highest BCUT2D eigenvalue weighted by molar-refractivity contribution is 5.80. The second-order valence-corrected chi connectivity index (χ2v) is 5.33. The first-order valence-corrected chi connectivity index (χ1v) is 6.71. The van der Waals surface area contributed by atoms with Gasteiger partial charge >= 0.3 is 5.97 Å². The summed E-state index contributed by atoms with van der Waals surface area (Å²) in [4.78, 5) is 23.1. The summed E-state index contributed by atoms with van der Waals surface area (Å²) in [5, 5.41) is 12.1. The highest BCUT2D eigenvalue weighted by atomic mass is 16.4. The van der Waals surface area contributed by atoms with E-state index in [1.165, 1.54) is 0 Å². The number of rotatable bonds is 3. The van der Waals surface area contributed by atoms with Gasteiger partial charge in [0.05, 0.1) is 5.92 Å². The number of aliphatic carboxylic acids is 1. The molecule has 96 valence electrons. The van der Waals surface area contributed by atoms with Gasteiger partial charge in [-0.3, -0.25) is 9.59 Å². The molecule has 0 spiro atoms. The van der Waals surface area contributed by atoms with Crippen LogP contribution in [0.1, 0.15) is 51.4 Å². The number of carbonyl (C=O) groups excluding carboxylic acids is 1. The normalized spacial score (nSPS) is 30.1. The van der Waals surface area contributed by atoms with Crippen molar-refractivity contribution in [1.29, 1.82) is 0 Å². The van der Waals surface area contributed by atoms with E-state index in [4.69, 9.17) is 5.11 Å². The molecule has 0 radical (unpaired) electrons. The Morgan fingerprint density at radius 2 is 1.53 bits per heavy atom. The van der Waals surface area contributed by atoms with Crippen LogP contribution in [-0.2, 0) is 9.59 Å². The number of carboxylic acid groups (broad SMARTS) is 1. The molecule has 0 saturated heterocycles. The lowest BCUT2D eigenvalue weighted by molar-refractivity contribution is -0.144.